The van der Waals surface area contributed by atoms with Gasteiger partial charge in [-0.1, -0.05) is 0 Å². The first kappa shape index (κ1) is 20.8. The molecule has 2 saturated heterocycles. The molecule has 1 saturated carbocycles. The van der Waals surface area contributed by atoms with Gasteiger partial charge in [0.2, 0.25) is 0 Å². The van der Waals surface area contributed by atoms with Crippen molar-refractivity contribution in [1.82, 2.24) is 15.1 Å². The van der Waals surface area contributed by atoms with E-state index in [0.717, 1.165) is 61.5 Å². The molecule has 1 N–H and O–H groups in total. The molecule has 1 aromatic heterocycles. The van der Waals surface area contributed by atoms with E-state index >= 15 is 0 Å². The lowest BCUT2D eigenvalue weighted by molar-refractivity contribution is 0.0545. The molecule has 3 aliphatic rings. The molecule has 3 heterocycles. The van der Waals surface area contributed by atoms with E-state index in [0.29, 0.717) is 17.6 Å². The van der Waals surface area contributed by atoms with Crippen LogP contribution in [-0.4, -0.2) is 54.0 Å². The van der Waals surface area contributed by atoms with Crippen LogP contribution in [0.15, 0.2) is 24.3 Å². The van der Waals surface area contributed by atoms with Gasteiger partial charge in [0.15, 0.2) is 0 Å². The first-order valence-electron chi connectivity index (χ1n) is 11.4. The topological polar surface area (TPSA) is 50.3 Å². The van der Waals surface area contributed by atoms with Gasteiger partial charge in [-0.15, -0.1) is 10.2 Å². The van der Waals surface area contributed by atoms with Crippen LogP contribution in [0.4, 0.5) is 14.6 Å². The molecule has 166 valence electrons. The molecule has 0 spiro atoms. The van der Waals surface area contributed by atoms with E-state index in [2.05, 4.69) is 20.4 Å². The Balaban J connectivity index is 1.18. The molecule has 5 rings (SSSR count). The highest BCUT2D eigenvalue weighted by Gasteiger charge is 2.41. The van der Waals surface area contributed by atoms with Gasteiger partial charge in [0.1, 0.15) is 17.5 Å². The first-order chi connectivity index (χ1) is 15.0. The van der Waals surface area contributed by atoms with Crippen LogP contribution < -0.4 is 5.32 Å². The third-order valence-corrected chi connectivity index (χ3v) is 7.20. The number of anilines is 1. The van der Waals surface area contributed by atoms with E-state index in [4.69, 9.17) is 4.74 Å². The predicted octanol–water partition coefficient (Wildman–Crippen LogP) is 4.28. The lowest BCUT2D eigenvalue weighted by Crippen LogP contribution is -2.32. The maximum atomic E-state index is 14.1. The summed E-state index contributed by atoms with van der Waals surface area (Å²) in [6, 6.07) is 5.69. The van der Waals surface area contributed by atoms with Gasteiger partial charge in [-0.2, -0.15) is 0 Å². The van der Waals surface area contributed by atoms with Crippen molar-refractivity contribution in [2.24, 2.45) is 17.8 Å². The quantitative estimate of drug-likeness (QED) is 0.770. The van der Waals surface area contributed by atoms with Gasteiger partial charge in [0.25, 0.3) is 0 Å². The number of aryl methyl sites for hydroxylation is 1. The van der Waals surface area contributed by atoms with E-state index in [1.807, 2.05) is 13.0 Å². The summed E-state index contributed by atoms with van der Waals surface area (Å²) in [6.45, 7) is 7.31. The van der Waals surface area contributed by atoms with Gasteiger partial charge < -0.3 is 15.0 Å². The average Bonchev–Trinajstić information content (AvgIpc) is 3.29. The Morgan fingerprint density at radius 1 is 1.06 bits per heavy atom. The lowest BCUT2D eigenvalue weighted by Gasteiger charge is -2.27. The number of ether oxygens (including phenoxy) is 1. The fourth-order valence-corrected chi connectivity index (χ4v) is 5.67. The molecule has 2 aliphatic heterocycles. The first-order valence-corrected chi connectivity index (χ1v) is 11.4. The molecule has 2 atom stereocenters. The summed E-state index contributed by atoms with van der Waals surface area (Å²) < 4.78 is 33.2. The number of hydrogen-bond donors (Lipinski definition) is 1. The van der Waals surface area contributed by atoms with Crippen LogP contribution in [0.25, 0.3) is 11.3 Å². The second-order valence-corrected chi connectivity index (χ2v) is 9.49. The van der Waals surface area contributed by atoms with Crippen molar-refractivity contribution in [2.75, 3.05) is 38.2 Å². The standard InChI is InChI=1S/C24H30F2N4O/c1-15-8-23(28-29-24(15)21-11-19(25)2-3-22(21)26)27-20-9-17-13-30(14-18(17)10-20)12-16-4-6-31-7-5-16/h2-3,8,11,16-18,20H,4-7,9-10,12-14H2,1H3,(H,27,28)/t17-,18-/m1/s1. The van der Waals surface area contributed by atoms with E-state index in [-0.39, 0.29) is 5.56 Å². The van der Waals surface area contributed by atoms with E-state index < -0.39 is 11.6 Å². The van der Waals surface area contributed by atoms with Crippen molar-refractivity contribution < 1.29 is 13.5 Å². The number of hydrogen-bond acceptors (Lipinski definition) is 5. The Morgan fingerprint density at radius 2 is 1.81 bits per heavy atom. The minimum atomic E-state index is -0.492. The van der Waals surface area contributed by atoms with Crippen molar-refractivity contribution in [1.29, 1.82) is 0 Å². The van der Waals surface area contributed by atoms with Gasteiger partial charge in [0, 0.05) is 44.5 Å². The molecule has 0 unspecified atom stereocenters. The van der Waals surface area contributed by atoms with Crippen LogP contribution >= 0.6 is 0 Å². The van der Waals surface area contributed by atoms with Crippen LogP contribution in [0.1, 0.15) is 31.2 Å². The summed E-state index contributed by atoms with van der Waals surface area (Å²) in [7, 11) is 0. The zero-order valence-electron chi connectivity index (χ0n) is 18.0. The Hall–Kier alpha value is -2.12. The molecule has 31 heavy (non-hydrogen) atoms. The second kappa shape index (κ2) is 8.79. The molecule has 0 bridgehead atoms. The van der Waals surface area contributed by atoms with Crippen molar-refractivity contribution in [2.45, 2.75) is 38.6 Å². The number of rotatable bonds is 5. The number of aromatic nitrogens is 2. The fourth-order valence-electron chi connectivity index (χ4n) is 5.67. The summed E-state index contributed by atoms with van der Waals surface area (Å²) in [5.41, 5.74) is 1.31. The third kappa shape index (κ3) is 4.58. The zero-order valence-corrected chi connectivity index (χ0v) is 18.0. The molecule has 2 aromatic rings. The van der Waals surface area contributed by atoms with E-state index in [1.54, 1.807) is 0 Å². The number of benzene rings is 1. The van der Waals surface area contributed by atoms with Crippen LogP contribution in [0.3, 0.4) is 0 Å². The number of halogens is 2. The molecule has 1 aromatic carbocycles. The zero-order chi connectivity index (χ0) is 21.4. The molecule has 0 radical (unpaired) electrons. The molecule has 7 heteroatoms. The van der Waals surface area contributed by atoms with Gasteiger partial charge in [-0.3, -0.25) is 0 Å². The van der Waals surface area contributed by atoms with Gasteiger partial charge in [0.05, 0.1) is 5.69 Å². The highest BCUT2D eigenvalue weighted by Crippen LogP contribution is 2.40. The van der Waals surface area contributed by atoms with Crippen molar-refractivity contribution in [3.63, 3.8) is 0 Å². The minimum absolute atomic E-state index is 0.150. The molecule has 1 aliphatic carbocycles. The Labute approximate surface area is 182 Å². The molecule has 5 nitrogen and oxygen atoms in total. The minimum Gasteiger partial charge on any atom is -0.381 e. The van der Waals surface area contributed by atoms with Crippen LogP contribution in [-0.2, 0) is 4.74 Å². The van der Waals surface area contributed by atoms with Gasteiger partial charge in [-0.05, 0) is 80.2 Å². The fraction of sp³-hybridized carbons (Fsp3) is 0.583. The highest BCUT2D eigenvalue weighted by atomic mass is 19.1. The average molecular weight is 429 g/mol. The Morgan fingerprint density at radius 3 is 2.52 bits per heavy atom. The number of likely N-dealkylation sites (tertiary alicyclic amines) is 1. The normalized spacial score (nSPS) is 25.1. The number of fused-ring (bicyclic) bond motifs is 1. The maximum absolute atomic E-state index is 14.1. The largest absolute Gasteiger partial charge is 0.381 e. The Kier molecular flexibility index (Phi) is 5.89. The second-order valence-electron chi connectivity index (χ2n) is 9.49. The maximum Gasteiger partial charge on any atom is 0.149 e. The summed E-state index contributed by atoms with van der Waals surface area (Å²) in [5, 5.41) is 12.0. The monoisotopic (exact) mass is 428 g/mol. The van der Waals surface area contributed by atoms with Crippen LogP contribution in [0.2, 0.25) is 0 Å². The van der Waals surface area contributed by atoms with Crippen LogP contribution in [0.5, 0.6) is 0 Å². The van der Waals surface area contributed by atoms with E-state index in [9.17, 15) is 8.78 Å². The smallest absolute Gasteiger partial charge is 0.149 e. The van der Waals surface area contributed by atoms with Gasteiger partial charge >= 0.3 is 0 Å². The van der Waals surface area contributed by atoms with Crippen molar-refractivity contribution >= 4 is 5.82 Å². The third-order valence-electron chi connectivity index (χ3n) is 7.20. The number of nitrogens with zero attached hydrogens (tertiary/aromatic N) is 3. The summed E-state index contributed by atoms with van der Waals surface area (Å²) in [4.78, 5) is 2.66. The summed E-state index contributed by atoms with van der Waals surface area (Å²) in [6.07, 6.45) is 4.69. The highest BCUT2D eigenvalue weighted by molar-refractivity contribution is 5.64. The van der Waals surface area contributed by atoms with Crippen LogP contribution in [0, 0.1) is 36.3 Å². The summed E-state index contributed by atoms with van der Waals surface area (Å²) in [5.74, 6) is 2.01. The molecule has 3 fully saturated rings. The van der Waals surface area contributed by atoms with Gasteiger partial charge in [-0.25, -0.2) is 8.78 Å². The SMILES string of the molecule is Cc1cc(NC2C[C@@H]3CN(CC4CCOCC4)C[C@H]3C2)nnc1-c1cc(F)ccc1F. The molecule has 0 amide bonds. The predicted molar refractivity (Wildman–Crippen MR) is 116 cm³/mol. The molecular formula is C24H30F2N4O. The number of nitrogens with one attached hydrogen (secondary N) is 1. The van der Waals surface area contributed by atoms with E-state index in [1.165, 1.54) is 38.5 Å². The summed E-state index contributed by atoms with van der Waals surface area (Å²) >= 11 is 0. The molecular weight excluding hydrogens is 398 g/mol. The Bertz CT molecular complexity index is 920. The lowest BCUT2D eigenvalue weighted by atomic mass is 10.00. The van der Waals surface area contributed by atoms with Crippen molar-refractivity contribution in [3.8, 4) is 11.3 Å². The van der Waals surface area contributed by atoms with Crippen molar-refractivity contribution in [3.05, 3.63) is 41.5 Å².